The van der Waals surface area contributed by atoms with Crippen LogP contribution in [0.1, 0.15) is 6.42 Å². The third kappa shape index (κ3) is 4.40. The molecule has 8 heteroatoms. The molecule has 70 valence electrons. The summed E-state index contributed by atoms with van der Waals surface area (Å²) in [7, 11) is 12.3. The monoisotopic (exact) mass is 296 g/mol. The van der Waals surface area contributed by atoms with E-state index in [9.17, 15) is 9.59 Å². The molecular formula is C4H5Cl3GeO4. The van der Waals surface area contributed by atoms with Crippen LogP contribution in [-0.2, 0) is 9.59 Å². The normalized spacial score (nSPS) is 13.9. The van der Waals surface area contributed by atoms with Gasteiger partial charge in [-0.1, -0.05) is 0 Å². The number of hydrogen-bond acceptors (Lipinski definition) is 2. The molecule has 12 heavy (non-hydrogen) atoms. The molecule has 0 aromatic heterocycles. The van der Waals surface area contributed by atoms with Gasteiger partial charge in [-0.05, 0) is 0 Å². The minimum absolute atomic E-state index is 0.633. The number of carbonyl (C=O) groups is 2. The van der Waals surface area contributed by atoms with E-state index in [1.807, 2.05) is 0 Å². The van der Waals surface area contributed by atoms with Gasteiger partial charge in [-0.2, -0.15) is 0 Å². The van der Waals surface area contributed by atoms with E-state index in [0.29, 0.717) is 0 Å². The van der Waals surface area contributed by atoms with Crippen molar-refractivity contribution in [3.8, 4) is 0 Å². The van der Waals surface area contributed by atoms with Gasteiger partial charge in [0.2, 0.25) is 0 Å². The Bertz CT molecular complexity index is 201. The molecule has 0 saturated carbocycles. The summed E-state index contributed by atoms with van der Waals surface area (Å²) >= 11 is 0. The average Bonchev–Trinajstić information content (AvgIpc) is 1.79. The Morgan fingerprint density at radius 1 is 1.25 bits per heavy atom. The predicted molar refractivity (Wildman–Crippen MR) is 47.0 cm³/mol. The fraction of sp³-hybridized carbons (Fsp3) is 0.500. The number of carboxylic acid groups (broad SMARTS) is 2. The second kappa shape index (κ2) is 4.55. The summed E-state index contributed by atoms with van der Waals surface area (Å²) in [5.41, 5.74) is 0. The van der Waals surface area contributed by atoms with Crippen molar-refractivity contribution in [2.24, 2.45) is 0 Å². The van der Waals surface area contributed by atoms with Gasteiger partial charge in [-0.25, -0.2) is 0 Å². The number of rotatable bonds is 4. The first-order chi connectivity index (χ1) is 5.25. The Labute approximate surface area is 83.3 Å². The van der Waals surface area contributed by atoms with E-state index in [-0.39, 0.29) is 0 Å². The number of halogens is 3. The first-order valence-electron chi connectivity index (χ1n) is 2.76. The van der Waals surface area contributed by atoms with Gasteiger partial charge < -0.3 is 0 Å². The van der Waals surface area contributed by atoms with Crippen molar-refractivity contribution in [3.05, 3.63) is 0 Å². The maximum atomic E-state index is 10.4. The predicted octanol–water partition coefficient (Wildman–Crippen LogP) is 1.57. The van der Waals surface area contributed by atoms with Crippen LogP contribution in [0.15, 0.2) is 0 Å². The van der Waals surface area contributed by atoms with Crippen molar-refractivity contribution < 1.29 is 19.8 Å². The molecule has 0 spiro atoms. The Hall–Kier alpha value is 0.353. The number of carboxylic acids is 2. The van der Waals surface area contributed by atoms with Gasteiger partial charge in [-0.15, -0.1) is 0 Å². The Kier molecular flexibility index (Phi) is 4.68. The van der Waals surface area contributed by atoms with Crippen molar-refractivity contribution in [1.29, 1.82) is 0 Å². The molecule has 2 N–H and O–H groups in total. The van der Waals surface area contributed by atoms with Gasteiger partial charge in [0, 0.05) is 0 Å². The van der Waals surface area contributed by atoms with E-state index >= 15 is 0 Å². The summed E-state index contributed by atoms with van der Waals surface area (Å²) in [6.45, 7) is 0. The van der Waals surface area contributed by atoms with Crippen LogP contribution < -0.4 is 0 Å². The van der Waals surface area contributed by atoms with Gasteiger partial charge in [0.1, 0.15) is 0 Å². The van der Waals surface area contributed by atoms with Crippen LogP contribution in [0.3, 0.4) is 0 Å². The van der Waals surface area contributed by atoms with Crippen molar-refractivity contribution in [3.63, 3.8) is 0 Å². The summed E-state index contributed by atoms with van der Waals surface area (Å²) in [6.07, 6.45) is -0.633. The van der Waals surface area contributed by atoms with Crippen LogP contribution in [-0.4, -0.2) is 32.6 Å². The third-order valence-electron chi connectivity index (χ3n) is 1.07. The molecule has 0 heterocycles. The van der Waals surface area contributed by atoms with Crippen molar-refractivity contribution >= 4 is 52.4 Å². The van der Waals surface area contributed by atoms with Gasteiger partial charge in [0.05, 0.1) is 0 Å². The van der Waals surface area contributed by atoms with Crippen LogP contribution in [0.2, 0.25) is 4.75 Å². The van der Waals surface area contributed by atoms with Crippen LogP contribution in [0.5, 0.6) is 0 Å². The molecule has 0 fully saturated rings. The summed E-state index contributed by atoms with van der Waals surface area (Å²) in [6, 6.07) is 0. The Morgan fingerprint density at radius 2 is 1.67 bits per heavy atom. The fourth-order valence-corrected chi connectivity index (χ4v) is 4.61. The SMILES string of the molecule is O=C(O)C[CH](C(=O)O)[Ge]([Cl])([Cl])[Cl]. The fourth-order valence-electron chi connectivity index (χ4n) is 0.518. The van der Waals surface area contributed by atoms with E-state index in [4.69, 9.17) is 40.2 Å². The molecule has 0 aliphatic carbocycles. The zero-order chi connectivity index (χ0) is 9.94. The summed E-state index contributed by atoms with van der Waals surface area (Å²) in [5, 5.41) is 16.8. The van der Waals surface area contributed by atoms with E-state index in [1.54, 1.807) is 0 Å². The molecule has 1 atom stereocenters. The van der Waals surface area contributed by atoms with Gasteiger partial charge >= 0.3 is 83.4 Å². The molecular weight excluding hydrogens is 291 g/mol. The molecule has 0 aromatic rings. The Morgan fingerprint density at radius 3 is 1.75 bits per heavy atom. The number of hydrogen-bond donors (Lipinski definition) is 2. The molecule has 0 rings (SSSR count). The molecule has 0 radical (unpaired) electrons. The van der Waals surface area contributed by atoms with Crippen LogP contribution in [0, 0.1) is 0 Å². The van der Waals surface area contributed by atoms with Crippen LogP contribution in [0.25, 0.3) is 0 Å². The topological polar surface area (TPSA) is 74.6 Å². The molecule has 0 aromatic carbocycles. The van der Waals surface area contributed by atoms with Gasteiger partial charge in [-0.3, -0.25) is 0 Å². The van der Waals surface area contributed by atoms with E-state index in [2.05, 4.69) is 0 Å². The number of aliphatic carboxylic acids is 2. The molecule has 1 unspecified atom stereocenters. The molecule has 0 saturated heterocycles. The quantitative estimate of drug-likeness (QED) is 0.772. The summed E-state index contributed by atoms with van der Waals surface area (Å²) < 4.78 is -1.34. The van der Waals surface area contributed by atoms with Crippen LogP contribution in [0.4, 0.5) is 0 Å². The maximum absolute atomic E-state index is 10.4. The summed E-state index contributed by atoms with van der Waals surface area (Å²) in [4.78, 5) is 20.6. The van der Waals surface area contributed by atoms with Crippen LogP contribution >= 0.6 is 30.0 Å². The molecule has 4 nitrogen and oxygen atoms in total. The zero-order valence-corrected chi connectivity index (χ0v) is 10.00. The van der Waals surface area contributed by atoms with Crippen molar-refractivity contribution in [2.45, 2.75) is 11.2 Å². The first-order valence-corrected chi connectivity index (χ1v) is 12.2. The summed E-state index contributed by atoms with van der Waals surface area (Å²) in [5.74, 6) is -2.64. The van der Waals surface area contributed by atoms with E-state index in [0.717, 1.165) is 0 Å². The molecule has 0 amide bonds. The van der Waals surface area contributed by atoms with Crippen molar-refractivity contribution in [1.82, 2.24) is 0 Å². The zero-order valence-electron chi connectivity index (χ0n) is 5.63. The minimum atomic E-state index is -3.96. The first kappa shape index (κ1) is 12.4. The average molecular weight is 296 g/mol. The van der Waals surface area contributed by atoms with Gasteiger partial charge in [0.15, 0.2) is 0 Å². The van der Waals surface area contributed by atoms with Gasteiger partial charge in [0.25, 0.3) is 0 Å². The van der Waals surface area contributed by atoms with E-state index in [1.165, 1.54) is 0 Å². The third-order valence-corrected chi connectivity index (χ3v) is 7.78. The second-order valence-electron chi connectivity index (χ2n) is 2.03. The molecule has 0 bridgehead atoms. The molecule has 0 aliphatic heterocycles. The standard InChI is InChI=1S/C4H5Cl3GeO4/c5-8(6,7)2(4(11)12)1-3(9)10/h2H,1H2,(H,9,10)(H,11,12). The Balaban J connectivity index is 4.46. The second-order valence-corrected chi connectivity index (χ2v) is 18.1. The molecule has 0 aliphatic rings. The van der Waals surface area contributed by atoms with E-state index < -0.39 is 33.6 Å². The van der Waals surface area contributed by atoms with Crippen molar-refractivity contribution in [2.75, 3.05) is 0 Å².